The highest BCUT2D eigenvalue weighted by molar-refractivity contribution is 5.82. The molecule has 0 aliphatic rings. The summed E-state index contributed by atoms with van der Waals surface area (Å²) >= 11 is 0. The van der Waals surface area contributed by atoms with E-state index in [-0.39, 0.29) is 11.9 Å². The van der Waals surface area contributed by atoms with Crippen LogP contribution in [-0.4, -0.2) is 41.1 Å². The molecule has 94 valence electrons. The molecule has 0 saturated heterocycles. The van der Waals surface area contributed by atoms with Crippen molar-refractivity contribution in [3.8, 4) is 0 Å². The van der Waals surface area contributed by atoms with Crippen LogP contribution < -0.4 is 5.32 Å². The Morgan fingerprint density at radius 2 is 1.75 bits per heavy atom. The molecule has 0 rings (SSSR count). The minimum absolute atomic E-state index is 0.234. The van der Waals surface area contributed by atoms with Gasteiger partial charge in [0.25, 0.3) is 0 Å². The molecule has 0 aliphatic carbocycles. The summed E-state index contributed by atoms with van der Waals surface area (Å²) in [5, 5.41) is 11.5. The Balaban J connectivity index is 4.39. The molecule has 0 aromatic rings. The van der Waals surface area contributed by atoms with Gasteiger partial charge in [0.1, 0.15) is 6.04 Å². The van der Waals surface area contributed by atoms with Crippen LogP contribution in [0.1, 0.15) is 34.1 Å². The molecule has 0 aromatic heterocycles. The Bertz CT molecular complexity index is 237. The number of nitrogens with zero attached hydrogens (tertiary/aromatic N) is 1. The van der Waals surface area contributed by atoms with Gasteiger partial charge in [0.2, 0.25) is 0 Å². The molecule has 2 amide bonds. The van der Waals surface area contributed by atoms with Gasteiger partial charge in [0.05, 0.1) is 0 Å². The Morgan fingerprint density at radius 1 is 1.25 bits per heavy atom. The Morgan fingerprint density at radius 3 is 2.06 bits per heavy atom. The number of carboxylic acids is 1. The monoisotopic (exact) mass is 230 g/mol. The lowest BCUT2D eigenvalue weighted by molar-refractivity contribution is -0.139. The molecule has 0 aliphatic heterocycles. The van der Waals surface area contributed by atoms with Crippen LogP contribution in [0.2, 0.25) is 0 Å². The molecule has 0 radical (unpaired) electrons. The van der Waals surface area contributed by atoms with Gasteiger partial charge in [-0.15, -0.1) is 0 Å². The highest BCUT2D eigenvalue weighted by atomic mass is 16.4. The highest BCUT2D eigenvalue weighted by Crippen LogP contribution is 2.05. The van der Waals surface area contributed by atoms with Crippen LogP contribution in [-0.2, 0) is 4.79 Å². The lowest BCUT2D eigenvalue weighted by atomic mass is 10.0. The second-order valence-corrected chi connectivity index (χ2v) is 4.14. The van der Waals surface area contributed by atoms with Crippen molar-refractivity contribution >= 4 is 12.0 Å². The quantitative estimate of drug-likeness (QED) is 0.727. The molecule has 5 nitrogen and oxygen atoms in total. The number of nitrogens with one attached hydrogen (secondary N) is 1. The molecule has 0 heterocycles. The van der Waals surface area contributed by atoms with Gasteiger partial charge >= 0.3 is 12.0 Å². The van der Waals surface area contributed by atoms with Gasteiger partial charge in [-0.1, -0.05) is 13.8 Å². The lowest BCUT2D eigenvalue weighted by Crippen LogP contribution is -2.48. The number of aliphatic carboxylic acids is 1. The third kappa shape index (κ3) is 5.00. The smallest absolute Gasteiger partial charge is 0.326 e. The van der Waals surface area contributed by atoms with E-state index in [1.54, 1.807) is 4.90 Å². The molecular formula is C11H22N2O3. The molecule has 1 unspecified atom stereocenters. The molecule has 1 atom stereocenters. The first-order valence-electron chi connectivity index (χ1n) is 5.70. The zero-order chi connectivity index (χ0) is 12.7. The number of hydrogen-bond donors (Lipinski definition) is 2. The minimum atomic E-state index is -0.978. The summed E-state index contributed by atoms with van der Waals surface area (Å²) in [7, 11) is 0. The summed E-state index contributed by atoms with van der Waals surface area (Å²) in [6.45, 7) is 8.74. The SMILES string of the molecule is CCN(CC)C(=O)NC(CC(C)C)C(=O)O. The van der Waals surface area contributed by atoms with E-state index in [1.807, 2.05) is 27.7 Å². The fraction of sp³-hybridized carbons (Fsp3) is 0.818. The lowest BCUT2D eigenvalue weighted by Gasteiger charge is -2.23. The molecule has 0 fully saturated rings. The third-order valence-electron chi connectivity index (χ3n) is 2.35. The van der Waals surface area contributed by atoms with Crippen LogP contribution in [0.25, 0.3) is 0 Å². The van der Waals surface area contributed by atoms with Crippen LogP contribution in [0, 0.1) is 5.92 Å². The number of carboxylic acid groups (broad SMARTS) is 1. The van der Waals surface area contributed by atoms with Crippen LogP contribution in [0.15, 0.2) is 0 Å². The van der Waals surface area contributed by atoms with Crippen molar-refractivity contribution in [1.29, 1.82) is 0 Å². The molecule has 0 aromatic carbocycles. The standard InChI is InChI=1S/C11H22N2O3/c1-5-13(6-2)11(16)12-9(10(14)15)7-8(3)4/h8-9H,5-7H2,1-4H3,(H,12,16)(H,14,15). The number of rotatable bonds is 6. The van der Waals surface area contributed by atoms with Crippen LogP contribution in [0.5, 0.6) is 0 Å². The average molecular weight is 230 g/mol. The number of carbonyl (C=O) groups excluding carboxylic acids is 1. The topological polar surface area (TPSA) is 69.6 Å². The molecule has 0 saturated carbocycles. The van der Waals surface area contributed by atoms with Gasteiger partial charge in [-0.05, 0) is 26.2 Å². The largest absolute Gasteiger partial charge is 0.480 e. The number of carbonyl (C=O) groups is 2. The first-order valence-corrected chi connectivity index (χ1v) is 5.70. The summed E-state index contributed by atoms with van der Waals surface area (Å²) in [4.78, 5) is 24.2. The van der Waals surface area contributed by atoms with Crippen molar-refractivity contribution < 1.29 is 14.7 Å². The Kier molecular flexibility index (Phi) is 6.53. The predicted octanol–water partition coefficient (Wildman–Crippen LogP) is 1.54. The fourth-order valence-corrected chi connectivity index (χ4v) is 1.44. The molecular weight excluding hydrogens is 208 g/mol. The van der Waals surface area contributed by atoms with Gasteiger partial charge in [-0.3, -0.25) is 0 Å². The molecule has 0 spiro atoms. The molecule has 0 bridgehead atoms. The fourth-order valence-electron chi connectivity index (χ4n) is 1.44. The summed E-state index contributed by atoms with van der Waals surface area (Å²) in [5.74, 6) is -0.743. The van der Waals surface area contributed by atoms with E-state index >= 15 is 0 Å². The second kappa shape index (κ2) is 7.09. The second-order valence-electron chi connectivity index (χ2n) is 4.14. The summed E-state index contributed by atoms with van der Waals surface area (Å²) in [5.41, 5.74) is 0. The highest BCUT2D eigenvalue weighted by Gasteiger charge is 2.22. The van der Waals surface area contributed by atoms with E-state index in [1.165, 1.54) is 0 Å². The van der Waals surface area contributed by atoms with Crippen LogP contribution >= 0.6 is 0 Å². The number of hydrogen-bond acceptors (Lipinski definition) is 2. The Hall–Kier alpha value is -1.26. The van der Waals surface area contributed by atoms with Crippen LogP contribution in [0.4, 0.5) is 4.79 Å². The molecule has 2 N–H and O–H groups in total. The van der Waals surface area contributed by atoms with Crippen molar-refractivity contribution in [3.05, 3.63) is 0 Å². The number of urea groups is 1. The van der Waals surface area contributed by atoms with Gasteiger partial charge in [-0.2, -0.15) is 0 Å². The van der Waals surface area contributed by atoms with Crippen molar-refractivity contribution in [1.82, 2.24) is 10.2 Å². The maximum Gasteiger partial charge on any atom is 0.326 e. The van der Waals surface area contributed by atoms with E-state index in [2.05, 4.69) is 5.32 Å². The van der Waals surface area contributed by atoms with Gasteiger partial charge in [-0.25, -0.2) is 9.59 Å². The van der Waals surface area contributed by atoms with E-state index in [0.717, 1.165) is 0 Å². The predicted molar refractivity (Wildman–Crippen MR) is 62.3 cm³/mol. The van der Waals surface area contributed by atoms with Crippen LogP contribution in [0.3, 0.4) is 0 Å². The van der Waals surface area contributed by atoms with Crippen molar-refractivity contribution in [2.75, 3.05) is 13.1 Å². The van der Waals surface area contributed by atoms with Gasteiger partial charge in [0.15, 0.2) is 0 Å². The van der Waals surface area contributed by atoms with Crippen molar-refractivity contribution in [3.63, 3.8) is 0 Å². The van der Waals surface area contributed by atoms with E-state index in [4.69, 9.17) is 5.11 Å². The maximum absolute atomic E-state index is 11.7. The van der Waals surface area contributed by atoms with Crippen molar-refractivity contribution in [2.45, 2.75) is 40.2 Å². The summed E-state index contributed by atoms with van der Waals surface area (Å²) in [6.07, 6.45) is 0.447. The zero-order valence-corrected chi connectivity index (χ0v) is 10.5. The first kappa shape index (κ1) is 14.7. The van der Waals surface area contributed by atoms with Crippen molar-refractivity contribution in [2.24, 2.45) is 5.92 Å². The first-order chi connectivity index (χ1) is 7.42. The zero-order valence-electron chi connectivity index (χ0n) is 10.5. The van der Waals surface area contributed by atoms with E-state index in [9.17, 15) is 9.59 Å². The Labute approximate surface area is 96.8 Å². The normalized spacial score (nSPS) is 12.3. The number of amides is 2. The minimum Gasteiger partial charge on any atom is -0.480 e. The van der Waals surface area contributed by atoms with E-state index < -0.39 is 12.0 Å². The van der Waals surface area contributed by atoms with Gasteiger partial charge < -0.3 is 15.3 Å². The maximum atomic E-state index is 11.7. The molecule has 16 heavy (non-hydrogen) atoms. The summed E-state index contributed by atoms with van der Waals surface area (Å²) < 4.78 is 0. The van der Waals surface area contributed by atoms with E-state index in [0.29, 0.717) is 19.5 Å². The molecule has 5 heteroatoms. The third-order valence-corrected chi connectivity index (χ3v) is 2.35. The van der Waals surface area contributed by atoms with Gasteiger partial charge in [0, 0.05) is 13.1 Å². The average Bonchev–Trinajstić information content (AvgIpc) is 2.17. The summed E-state index contributed by atoms with van der Waals surface area (Å²) in [6, 6.07) is -1.11.